The van der Waals surface area contributed by atoms with Gasteiger partial charge in [0.15, 0.2) is 0 Å². The van der Waals surface area contributed by atoms with E-state index in [4.69, 9.17) is 0 Å². The second-order valence-electron chi connectivity index (χ2n) is 8.66. The van der Waals surface area contributed by atoms with Crippen LogP contribution in [-0.2, 0) is 35.8 Å². The van der Waals surface area contributed by atoms with Crippen molar-refractivity contribution in [3.8, 4) is 0 Å². The van der Waals surface area contributed by atoms with Gasteiger partial charge in [0.2, 0.25) is 11.8 Å². The van der Waals surface area contributed by atoms with Crippen molar-refractivity contribution in [3.05, 3.63) is 156 Å². The molecule has 0 aromatic heterocycles. The summed E-state index contributed by atoms with van der Waals surface area (Å²) in [6.07, 6.45) is 2.80. The summed E-state index contributed by atoms with van der Waals surface area (Å²) in [6, 6.07) is 39.5. The Morgan fingerprint density at radius 2 is 0.639 bits per heavy atom. The molecule has 4 rings (SSSR count). The van der Waals surface area contributed by atoms with Crippen LogP contribution < -0.4 is 0 Å². The first-order valence-corrected chi connectivity index (χ1v) is 12.1. The van der Waals surface area contributed by atoms with E-state index in [-0.39, 0.29) is 11.8 Å². The lowest BCUT2D eigenvalue weighted by atomic mass is 10.1. The van der Waals surface area contributed by atoms with E-state index in [0.29, 0.717) is 26.2 Å². The van der Waals surface area contributed by atoms with Gasteiger partial charge in [-0.15, -0.1) is 0 Å². The van der Waals surface area contributed by atoms with Gasteiger partial charge >= 0.3 is 0 Å². The predicted octanol–water partition coefficient (Wildman–Crippen LogP) is 6.00. The summed E-state index contributed by atoms with van der Waals surface area (Å²) in [6.45, 7) is 1.85. The number of carbonyl (C=O) groups excluding carboxylic acids is 2. The van der Waals surface area contributed by atoms with E-state index in [9.17, 15) is 9.59 Å². The largest absolute Gasteiger partial charge is 0.331 e. The minimum Gasteiger partial charge on any atom is -0.331 e. The summed E-state index contributed by atoms with van der Waals surface area (Å²) >= 11 is 0. The standard InChI is InChI=1S/C32H30N2O2/c35-31(33(23-27-13-5-1-6-14-27)24-28-15-7-2-8-16-28)21-22-32(36)34(25-29-17-9-3-10-18-29)26-30-19-11-4-12-20-30/h1-22H,23-26H2. The molecule has 0 saturated carbocycles. The first kappa shape index (κ1) is 24.7. The van der Waals surface area contributed by atoms with Crippen LogP contribution >= 0.6 is 0 Å². The number of hydrogen-bond donors (Lipinski definition) is 0. The maximum Gasteiger partial charge on any atom is 0.247 e. The van der Waals surface area contributed by atoms with E-state index in [1.807, 2.05) is 121 Å². The molecule has 0 unspecified atom stereocenters. The van der Waals surface area contributed by atoms with Gasteiger partial charge in [-0.05, 0) is 22.3 Å². The fourth-order valence-corrected chi connectivity index (χ4v) is 3.99. The van der Waals surface area contributed by atoms with Crippen LogP contribution in [0.3, 0.4) is 0 Å². The third-order valence-corrected chi connectivity index (χ3v) is 5.86. The highest BCUT2D eigenvalue weighted by atomic mass is 16.2. The van der Waals surface area contributed by atoms with Crippen LogP contribution in [0.15, 0.2) is 133 Å². The summed E-state index contributed by atoms with van der Waals surface area (Å²) in [7, 11) is 0. The number of nitrogens with zero attached hydrogens (tertiary/aromatic N) is 2. The maximum atomic E-state index is 13.3. The van der Waals surface area contributed by atoms with Crippen LogP contribution in [0.2, 0.25) is 0 Å². The SMILES string of the molecule is O=C(C=CC(=O)N(Cc1ccccc1)Cc1ccccc1)N(Cc1ccccc1)Cc1ccccc1. The Labute approximate surface area is 213 Å². The molecule has 0 atom stereocenters. The van der Waals surface area contributed by atoms with E-state index in [1.165, 1.54) is 12.2 Å². The zero-order valence-electron chi connectivity index (χ0n) is 20.2. The first-order chi connectivity index (χ1) is 17.7. The van der Waals surface area contributed by atoms with Crippen molar-refractivity contribution in [1.29, 1.82) is 0 Å². The van der Waals surface area contributed by atoms with E-state index in [2.05, 4.69) is 0 Å². The maximum absolute atomic E-state index is 13.3. The van der Waals surface area contributed by atoms with E-state index < -0.39 is 0 Å². The zero-order valence-corrected chi connectivity index (χ0v) is 20.2. The minimum atomic E-state index is -0.199. The number of amides is 2. The molecular formula is C32H30N2O2. The molecular weight excluding hydrogens is 444 g/mol. The Bertz CT molecular complexity index is 1070. The van der Waals surface area contributed by atoms with E-state index in [1.54, 1.807) is 9.80 Å². The summed E-state index contributed by atoms with van der Waals surface area (Å²) in [4.78, 5) is 30.0. The molecule has 0 saturated heterocycles. The molecule has 4 aromatic carbocycles. The summed E-state index contributed by atoms with van der Waals surface area (Å²) in [5.74, 6) is -0.397. The highest BCUT2D eigenvalue weighted by Gasteiger charge is 2.16. The Morgan fingerprint density at radius 1 is 0.417 bits per heavy atom. The molecule has 0 spiro atoms. The van der Waals surface area contributed by atoms with Gasteiger partial charge in [0.25, 0.3) is 0 Å². The highest BCUT2D eigenvalue weighted by Crippen LogP contribution is 2.13. The molecule has 4 aromatic rings. The normalized spacial score (nSPS) is 10.8. The van der Waals surface area contributed by atoms with E-state index in [0.717, 1.165) is 22.3 Å². The van der Waals surface area contributed by atoms with Crippen LogP contribution in [0, 0.1) is 0 Å². The molecule has 0 aliphatic rings. The zero-order chi connectivity index (χ0) is 25.0. The number of hydrogen-bond acceptors (Lipinski definition) is 2. The van der Waals surface area contributed by atoms with Gasteiger partial charge < -0.3 is 9.80 Å². The minimum absolute atomic E-state index is 0.199. The fourth-order valence-electron chi connectivity index (χ4n) is 3.99. The molecule has 4 heteroatoms. The lowest BCUT2D eigenvalue weighted by Crippen LogP contribution is -2.31. The third kappa shape index (κ3) is 7.54. The van der Waals surface area contributed by atoms with Gasteiger partial charge in [-0.1, -0.05) is 121 Å². The average Bonchev–Trinajstić information content (AvgIpc) is 2.93. The lowest BCUT2D eigenvalue weighted by molar-refractivity contribution is -0.129. The van der Waals surface area contributed by atoms with Crippen molar-refractivity contribution >= 4 is 11.8 Å². The Balaban J connectivity index is 1.51. The Hall–Kier alpha value is -4.44. The molecule has 180 valence electrons. The van der Waals surface area contributed by atoms with Crippen molar-refractivity contribution in [1.82, 2.24) is 9.80 Å². The van der Waals surface area contributed by atoms with Crippen molar-refractivity contribution < 1.29 is 9.59 Å². The topological polar surface area (TPSA) is 40.6 Å². The van der Waals surface area contributed by atoms with Gasteiger partial charge in [0.1, 0.15) is 0 Å². The van der Waals surface area contributed by atoms with Crippen molar-refractivity contribution in [2.24, 2.45) is 0 Å². The molecule has 0 N–H and O–H groups in total. The van der Waals surface area contributed by atoms with Gasteiger partial charge in [-0.3, -0.25) is 9.59 Å². The van der Waals surface area contributed by atoms with Crippen LogP contribution in [0.25, 0.3) is 0 Å². The molecule has 0 radical (unpaired) electrons. The van der Waals surface area contributed by atoms with Gasteiger partial charge in [-0.25, -0.2) is 0 Å². The quantitative estimate of drug-likeness (QED) is 0.265. The van der Waals surface area contributed by atoms with Crippen molar-refractivity contribution in [2.75, 3.05) is 0 Å². The number of carbonyl (C=O) groups is 2. The average molecular weight is 475 g/mol. The molecule has 0 bridgehead atoms. The smallest absolute Gasteiger partial charge is 0.247 e. The monoisotopic (exact) mass is 474 g/mol. The summed E-state index contributed by atoms with van der Waals surface area (Å²) in [5.41, 5.74) is 4.15. The van der Waals surface area contributed by atoms with Crippen LogP contribution in [-0.4, -0.2) is 21.6 Å². The summed E-state index contributed by atoms with van der Waals surface area (Å²) < 4.78 is 0. The molecule has 0 heterocycles. The summed E-state index contributed by atoms with van der Waals surface area (Å²) in [5, 5.41) is 0. The molecule has 36 heavy (non-hydrogen) atoms. The van der Waals surface area contributed by atoms with Gasteiger partial charge in [-0.2, -0.15) is 0 Å². The van der Waals surface area contributed by atoms with Crippen LogP contribution in [0.5, 0.6) is 0 Å². The molecule has 0 aliphatic heterocycles. The van der Waals surface area contributed by atoms with E-state index >= 15 is 0 Å². The molecule has 0 aliphatic carbocycles. The second-order valence-corrected chi connectivity index (χ2v) is 8.66. The number of rotatable bonds is 10. The predicted molar refractivity (Wildman–Crippen MR) is 143 cm³/mol. The Morgan fingerprint density at radius 3 is 0.861 bits per heavy atom. The van der Waals surface area contributed by atoms with Gasteiger partial charge in [0.05, 0.1) is 0 Å². The highest BCUT2D eigenvalue weighted by molar-refractivity contribution is 5.96. The van der Waals surface area contributed by atoms with Crippen molar-refractivity contribution in [2.45, 2.75) is 26.2 Å². The van der Waals surface area contributed by atoms with Crippen molar-refractivity contribution in [3.63, 3.8) is 0 Å². The second kappa shape index (κ2) is 12.9. The lowest BCUT2D eigenvalue weighted by Gasteiger charge is -2.23. The molecule has 2 amide bonds. The Kier molecular flexibility index (Phi) is 8.82. The number of benzene rings is 4. The van der Waals surface area contributed by atoms with Crippen LogP contribution in [0.1, 0.15) is 22.3 Å². The first-order valence-electron chi connectivity index (χ1n) is 12.1. The van der Waals surface area contributed by atoms with Crippen LogP contribution in [0.4, 0.5) is 0 Å². The fraction of sp³-hybridized carbons (Fsp3) is 0.125. The third-order valence-electron chi connectivity index (χ3n) is 5.86. The molecule has 0 fully saturated rings. The van der Waals surface area contributed by atoms with Gasteiger partial charge in [0, 0.05) is 38.3 Å². The molecule has 4 nitrogen and oxygen atoms in total.